The zero-order valence-electron chi connectivity index (χ0n) is 43.9. The highest BCUT2D eigenvalue weighted by Gasteiger charge is 2.30. The van der Waals surface area contributed by atoms with Crippen molar-refractivity contribution < 1.29 is 9.59 Å². The Hall–Kier alpha value is -1.18. The van der Waals surface area contributed by atoms with Gasteiger partial charge in [-0.25, -0.2) is 0 Å². The highest BCUT2D eigenvalue weighted by Crippen LogP contribution is 2.17. The van der Waals surface area contributed by atoms with Crippen molar-refractivity contribution in [1.29, 1.82) is 0 Å². The van der Waals surface area contributed by atoms with Crippen molar-refractivity contribution in [3.63, 3.8) is 0 Å². The smallest absolute Gasteiger partial charge is 0.239 e. The first-order chi connectivity index (χ1) is 30.9. The third kappa shape index (κ3) is 33.9. The molecule has 1 heterocycles. The Morgan fingerprint density at radius 2 is 0.619 bits per heavy atom. The molecule has 7 heteroatoms. The minimum Gasteiger partial charge on any atom is -0.338 e. The maximum atomic E-state index is 14.1. The third-order valence-corrected chi connectivity index (χ3v) is 14.3. The molecule has 0 aromatic heterocycles. The van der Waals surface area contributed by atoms with E-state index in [0.717, 1.165) is 32.7 Å². The van der Waals surface area contributed by atoms with Crippen LogP contribution in [0.5, 0.6) is 0 Å². The Bertz CT molecular complexity index is 987. The third-order valence-electron chi connectivity index (χ3n) is 14.3. The topological polar surface area (TPSA) is 50.3 Å². The average Bonchev–Trinajstić information content (AvgIpc) is 3.30. The number of hydrogen-bond acceptors (Lipinski definition) is 5. The van der Waals surface area contributed by atoms with E-state index in [2.05, 4.69) is 66.0 Å². The summed E-state index contributed by atoms with van der Waals surface area (Å²) in [5, 5.41) is 0. The van der Waals surface area contributed by atoms with Crippen LogP contribution < -0.4 is 0 Å². The fourth-order valence-corrected chi connectivity index (χ4v) is 9.70. The lowest BCUT2D eigenvalue weighted by Gasteiger charge is -2.39. The van der Waals surface area contributed by atoms with Crippen molar-refractivity contribution >= 4 is 11.8 Å². The van der Waals surface area contributed by atoms with E-state index in [1.54, 1.807) is 0 Å². The van der Waals surface area contributed by atoms with Crippen molar-refractivity contribution in [2.24, 2.45) is 0 Å². The zero-order valence-corrected chi connectivity index (χ0v) is 43.9. The summed E-state index contributed by atoms with van der Waals surface area (Å²) in [6.07, 6.45) is 46.3. The van der Waals surface area contributed by atoms with E-state index in [9.17, 15) is 9.59 Å². The summed E-state index contributed by atoms with van der Waals surface area (Å²) >= 11 is 0. The monoisotopic (exact) mass is 888 g/mol. The number of hydrogen-bond donors (Lipinski definition) is 0. The molecule has 0 aromatic carbocycles. The van der Waals surface area contributed by atoms with Crippen LogP contribution in [0, 0.1) is 0 Å². The van der Waals surface area contributed by atoms with Gasteiger partial charge in [0, 0.05) is 39.3 Å². The van der Waals surface area contributed by atoms with Crippen LogP contribution in [0.3, 0.4) is 0 Å². The molecule has 0 aliphatic carbocycles. The predicted octanol–water partition coefficient (Wildman–Crippen LogP) is 14.7. The largest absolute Gasteiger partial charge is 0.338 e. The summed E-state index contributed by atoms with van der Waals surface area (Å²) in [6.45, 7) is 24.4. The Morgan fingerprint density at radius 1 is 0.349 bits per heavy atom. The zero-order chi connectivity index (χ0) is 45.9. The molecule has 1 fully saturated rings. The summed E-state index contributed by atoms with van der Waals surface area (Å²) < 4.78 is 0. The van der Waals surface area contributed by atoms with Gasteiger partial charge < -0.3 is 14.7 Å². The van der Waals surface area contributed by atoms with Gasteiger partial charge in [0.1, 0.15) is 0 Å². The van der Waals surface area contributed by atoms with E-state index in [4.69, 9.17) is 0 Å². The summed E-state index contributed by atoms with van der Waals surface area (Å²) in [5.74, 6) is 0.541. The fraction of sp³-hybridized carbons (Fsp3) is 0.964. The first-order valence-corrected chi connectivity index (χ1v) is 28.7. The summed E-state index contributed by atoms with van der Waals surface area (Å²) in [5.41, 5.74) is 0. The SMILES string of the molecule is CCCCCCCCCCN(CCCCCCCCC)C(C)C(=O)N1CCN(C(=O)CN(CCCCCCCCC)CCN(CCCCCCCC)CCCCCCCCC)CC1. The molecule has 0 saturated carbocycles. The quantitative estimate of drug-likeness (QED) is 0.0570. The number of piperazine rings is 1. The number of rotatable bonds is 47. The van der Waals surface area contributed by atoms with Gasteiger partial charge in [0.25, 0.3) is 0 Å². The van der Waals surface area contributed by atoms with E-state index < -0.39 is 0 Å². The minimum absolute atomic E-state index is 0.0882. The van der Waals surface area contributed by atoms with E-state index in [-0.39, 0.29) is 17.9 Å². The molecule has 1 saturated heterocycles. The number of nitrogens with zero attached hydrogens (tertiary/aromatic N) is 5. The second-order valence-electron chi connectivity index (χ2n) is 20.1. The highest BCUT2D eigenvalue weighted by atomic mass is 16.2. The molecule has 1 aliphatic rings. The molecule has 7 nitrogen and oxygen atoms in total. The summed E-state index contributed by atoms with van der Waals surface area (Å²) in [6, 6.07) is -0.0882. The molecule has 374 valence electrons. The maximum absolute atomic E-state index is 14.1. The van der Waals surface area contributed by atoms with Crippen LogP contribution >= 0.6 is 0 Å². The molecule has 0 bridgehead atoms. The van der Waals surface area contributed by atoms with Gasteiger partial charge in [0.15, 0.2) is 0 Å². The number of carbonyl (C=O) groups excluding carboxylic acids is 2. The van der Waals surface area contributed by atoms with Crippen LogP contribution in [0.4, 0.5) is 0 Å². The molecule has 1 aliphatic heterocycles. The van der Waals surface area contributed by atoms with Crippen LogP contribution in [0.15, 0.2) is 0 Å². The lowest BCUT2D eigenvalue weighted by molar-refractivity contribution is -0.143. The van der Waals surface area contributed by atoms with Gasteiger partial charge in [-0.15, -0.1) is 0 Å². The fourth-order valence-electron chi connectivity index (χ4n) is 9.70. The van der Waals surface area contributed by atoms with Crippen LogP contribution in [-0.2, 0) is 9.59 Å². The maximum Gasteiger partial charge on any atom is 0.239 e. The molecule has 2 amide bonds. The molecule has 0 radical (unpaired) electrons. The van der Waals surface area contributed by atoms with Crippen LogP contribution in [-0.4, -0.2) is 121 Å². The minimum atomic E-state index is -0.0882. The lowest BCUT2D eigenvalue weighted by atomic mass is 10.1. The average molecular weight is 889 g/mol. The Morgan fingerprint density at radius 3 is 0.968 bits per heavy atom. The Labute approximate surface area is 395 Å². The van der Waals surface area contributed by atoms with Gasteiger partial charge in [-0.2, -0.15) is 0 Å². The van der Waals surface area contributed by atoms with Crippen molar-refractivity contribution in [3.8, 4) is 0 Å². The van der Waals surface area contributed by atoms with Gasteiger partial charge >= 0.3 is 0 Å². The summed E-state index contributed by atoms with van der Waals surface area (Å²) in [7, 11) is 0. The van der Waals surface area contributed by atoms with Gasteiger partial charge in [-0.3, -0.25) is 19.4 Å². The molecule has 1 unspecified atom stereocenters. The molecular weight excluding hydrogens is 775 g/mol. The number of carbonyl (C=O) groups is 2. The van der Waals surface area contributed by atoms with Gasteiger partial charge in [0.05, 0.1) is 12.6 Å². The first kappa shape index (κ1) is 59.8. The number of unbranched alkanes of at least 4 members (excludes halogenated alkanes) is 30. The van der Waals surface area contributed by atoms with Crippen LogP contribution in [0.1, 0.15) is 266 Å². The second kappa shape index (κ2) is 44.6. The normalized spacial score (nSPS) is 13.9. The lowest BCUT2D eigenvalue weighted by Crippen LogP contribution is -2.56. The van der Waals surface area contributed by atoms with Crippen molar-refractivity contribution in [3.05, 3.63) is 0 Å². The molecule has 1 rings (SSSR count). The van der Waals surface area contributed by atoms with Crippen molar-refractivity contribution in [1.82, 2.24) is 24.5 Å². The molecule has 1 atom stereocenters. The molecule has 0 aromatic rings. The molecule has 63 heavy (non-hydrogen) atoms. The molecule has 0 spiro atoms. The molecular formula is C56H113N5O2. The van der Waals surface area contributed by atoms with Crippen LogP contribution in [0.2, 0.25) is 0 Å². The Kier molecular flexibility index (Phi) is 42.4. The number of amides is 2. The Balaban J connectivity index is 2.82. The van der Waals surface area contributed by atoms with Gasteiger partial charge in [-0.1, -0.05) is 227 Å². The first-order valence-electron chi connectivity index (χ1n) is 28.7. The predicted molar refractivity (Wildman–Crippen MR) is 277 cm³/mol. The van der Waals surface area contributed by atoms with Gasteiger partial charge in [0.2, 0.25) is 11.8 Å². The van der Waals surface area contributed by atoms with Crippen molar-refractivity contribution in [2.75, 3.05) is 78.5 Å². The molecule has 0 N–H and O–H groups in total. The standard InChI is InChI=1S/C56H113N5O2/c1-7-12-17-22-27-31-36-41-46-59(45-40-35-30-25-20-15-10-4)54(6)56(63)61-51-49-60(50-52-61)55(62)53-58(44-39-34-29-24-19-14-9-3)48-47-57(42-37-32-26-21-16-11-5)43-38-33-28-23-18-13-8-2/h54H,7-53H2,1-6H3. The van der Waals surface area contributed by atoms with E-state index in [1.807, 2.05) is 0 Å². The van der Waals surface area contributed by atoms with E-state index in [1.165, 1.54) is 238 Å². The highest BCUT2D eigenvalue weighted by molar-refractivity contribution is 5.82. The second-order valence-corrected chi connectivity index (χ2v) is 20.1. The van der Waals surface area contributed by atoms with Crippen molar-refractivity contribution in [2.45, 2.75) is 272 Å². The van der Waals surface area contributed by atoms with E-state index in [0.29, 0.717) is 32.7 Å². The van der Waals surface area contributed by atoms with Crippen LogP contribution in [0.25, 0.3) is 0 Å². The van der Waals surface area contributed by atoms with E-state index >= 15 is 0 Å². The van der Waals surface area contributed by atoms with Gasteiger partial charge in [-0.05, 0) is 71.8 Å². The summed E-state index contributed by atoms with van der Waals surface area (Å²) in [4.78, 5) is 40.0.